The number of rotatable bonds is 7. The third-order valence-corrected chi connectivity index (χ3v) is 4.34. The van der Waals surface area contributed by atoms with Gasteiger partial charge in [-0.25, -0.2) is 4.79 Å². The maximum atomic E-state index is 12.2. The molecule has 108 valence electrons. The van der Waals surface area contributed by atoms with Crippen molar-refractivity contribution in [3.63, 3.8) is 0 Å². The van der Waals surface area contributed by atoms with E-state index in [-0.39, 0.29) is 12.6 Å². The van der Waals surface area contributed by atoms with Gasteiger partial charge in [0.25, 0.3) is 0 Å². The summed E-state index contributed by atoms with van der Waals surface area (Å²) >= 11 is 0. The molecule has 0 radical (unpaired) electrons. The molecule has 0 aliphatic heterocycles. The van der Waals surface area contributed by atoms with Crippen LogP contribution in [-0.4, -0.2) is 41.1 Å². The second-order valence-corrected chi connectivity index (χ2v) is 5.88. The average molecular weight is 268 g/mol. The van der Waals surface area contributed by atoms with Gasteiger partial charge in [-0.3, -0.25) is 4.79 Å². The van der Waals surface area contributed by atoms with E-state index in [1.54, 1.807) is 0 Å². The normalized spacial score (nSPS) is 20.5. The first-order chi connectivity index (χ1) is 9.09. The summed E-state index contributed by atoms with van der Waals surface area (Å²) in [6.07, 6.45) is 6.55. The molecule has 2 saturated carbocycles. The Bertz CT molecular complexity index is 349. The summed E-state index contributed by atoms with van der Waals surface area (Å²) < 4.78 is 0. The Balaban J connectivity index is 1.83. The molecule has 2 rings (SSSR count). The van der Waals surface area contributed by atoms with E-state index in [4.69, 9.17) is 0 Å². The zero-order valence-electron chi connectivity index (χ0n) is 11.7. The van der Waals surface area contributed by atoms with Crippen LogP contribution in [-0.2, 0) is 4.79 Å². The predicted molar refractivity (Wildman–Crippen MR) is 72.0 cm³/mol. The van der Waals surface area contributed by atoms with E-state index in [2.05, 4.69) is 12.2 Å². The van der Waals surface area contributed by atoms with E-state index >= 15 is 0 Å². The monoisotopic (exact) mass is 268 g/mol. The lowest BCUT2D eigenvalue weighted by Crippen LogP contribution is -2.51. The summed E-state index contributed by atoms with van der Waals surface area (Å²) in [6, 6.07) is 0.303. The minimum Gasteiger partial charge on any atom is -0.481 e. The highest BCUT2D eigenvalue weighted by Crippen LogP contribution is 2.40. The zero-order valence-corrected chi connectivity index (χ0v) is 11.7. The molecule has 0 atom stereocenters. The smallest absolute Gasteiger partial charge is 0.317 e. The van der Waals surface area contributed by atoms with Crippen molar-refractivity contribution in [2.24, 2.45) is 5.41 Å². The third kappa shape index (κ3) is 3.19. The minimum absolute atomic E-state index is 0.0801. The van der Waals surface area contributed by atoms with Gasteiger partial charge in [-0.2, -0.15) is 0 Å². The molecule has 2 aliphatic rings. The Labute approximate surface area is 114 Å². The fourth-order valence-corrected chi connectivity index (χ4v) is 2.58. The quantitative estimate of drug-likeness (QED) is 0.743. The fourth-order valence-electron chi connectivity index (χ4n) is 2.58. The summed E-state index contributed by atoms with van der Waals surface area (Å²) in [7, 11) is 0. The molecule has 2 amide bonds. The second-order valence-electron chi connectivity index (χ2n) is 5.88. The molecule has 0 bridgehead atoms. The van der Waals surface area contributed by atoms with Gasteiger partial charge in [0.1, 0.15) is 0 Å². The summed E-state index contributed by atoms with van der Waals surface area (Å²) in [5.41, 5.74) is -0.699. The number of hydrogen-bond donors (Lipinski definition) is 2. The third-order valence-electron chi connectivity index (χ3n) is 4.34. The van der Waals surface area contributed by atoms with Crippen molar-refractivity contribution >= 4 is 12.0 Å². The molecule has 0 spiro atoms. The van der Waals surface area contributed by atoms with E-state index in [9.17, 15) is 14.7 Å². The molecule has 0 aromatic heterocycles. The van der Waals surface area contributed by atoms with Crippen LogP contribution in [0.1, 0.15) is 51.9 Å². The Kier molecular flexibility index (Phi) is 4.32. The molecule has 2 N–H and O–H groups in total. The van der Waals surface area contributed by atoms with Crippen LogP contribution < -0.4 is 5.32 Å². The van der Waals surface area contributed by atoms with Gasteiger partial charge in [0.05, 0.1) is 5.41 Å². The van der Waals surface area contributed by atoms with Gasteiger partial charge in [0, 0.05) is 19.1 Å². The molecule has 0 aromatic rings. The van der Waals surface area contributed by atoms with Crippen LogP contribution >= 0.6 is 0 Å². The maximum absolute atomic E-state index is 12.2. The molecular weight excluding hydrogens is 244 g/mol. The van der Waals surface area contributed by atoms with E-state index in [1.807, 2.05) is 4.90 Å². The van der Waals surface area contributed by atoms with Crippen molar-refractivity contribution < 1.29 is 14.7 Å². The highest BCUT2D eigenvalue weighted by molar-refractivity contribution is 5.79. The second kappa shape index (κ2) is 5.80. The van der Waals surface area contributed by atoms with Gasteiger partial charge in [-0.1, -0.05) is 19.8 Å². The zero-order chi connectivity index (χ0) is 13.9. The summed E-state index contributed by atoms with van der Waals surface area (Å²) in [4.78, 5) is 25.3. The van der Waals surface area contributed by atoms with E-state index in [0.717, 1.165) is 38.6 Å². The predicted octanol–water partition coefficient (Wildman–Crippen LogP) is 2.22. The molecule has 2 fully saturated rings. The van der Waals surface area contributed by atoms with E-state index in [1.165, 1.54) is 0 Å². The molecule has 5 nitrogen and oxygen atoms in total. The fraction of sp³-hybridized carbons (Fsp3) is 0.857. The lowest BCUT2D eigenvalue weighted by molar-refractivity contribution is -0.153. The first kappa shape index (κ1) is 14.2. The largest absolute Gasteiger partial charge is 0.481 e. The number of aliphatic carboxylic acids is 1. The van der Waals surface area contributed by atoms with Crippen molar-refractivity contribution in [2.75, 3.05) is 13.1 Å². The summed E-state index contributed by atoms with van der Waals surface area (Å²) in [5, 5.41) is 12.1. The standard InChI is InChI=1S/C14H24N2O3/c1-2-3-9-16(11-5-6-11)13(19)15-10-14(12(17)18)7-4-8-14/h11H,2-10H2,1H3,(H,15,19)(H,17,18). The maximum Gasteiger partial charge on any atom is 0.317 e. The average Bonchev–Trinajstić information content (AvgIpc) is 3.12. The van der Waals surface area contributed by atoms with Crippen LogP contribution in [0.5, 0.6) is 0 Å². The van der Waals surface area contributed by atoms with Gasteiger partial charge < -0.3 is 15.3 Å². The number of nitrogens with zero attached hydrogens (tertiary/aromatic N) is 1. The van der Waals surface area contributed by atoms with Gasteiger partial charge in [0.15, 0.2) is 0 Å². The van der Waals surface area contributed by atoms with Crippen LogP contribution in [0.15, 0.2) is 0 Å². The molecule has 0 unspecified atom stereocenters. The molecule has 2 aliphatic carbocycles. The van der Waals surface area contributed by atoms with Crippen molar-refractivity contribution in [1.82, 2.24) is 10.2 Å². The lowest BCUT2D eigenvalue weighted by atomic mass is 9.69. The Morgan fingerprint density at radius 1 is 1.37 bits per heavy atom. The first-order valence-electron chi connectivity index (χ1n) is 7.37. The minimum atomic E-state index is -0.773. The van der Waals surface area contributed by atoms with Crippen molar-refractivity contribution in [2.45, 2.75) is 57.9 Å². The number of urea groups is 1. The number of carboxylic acids is 1. The van der Waals surface area contributed by atoms with Crippen molar-refractivity contribution in [3.05, 3.63) is 0 Å². The molecule has 0 saturated heterocycles. The Hall–Kier alpha value is -1.26. The lowest BCUT2D eigenvalue weighted by Gasteiger charge is -2.38. The highest BCUT2D eigenvalue weighted by Gasteiger charge is 2.45. The van der Waals surface area contributed by atoms with Crippen molar-refractivity contribution in [1.29, 1.82) is 0 Å². The van der Waals surface area contributed by atoms with Crippen molar-refractivity contribution in [3.8, 4) is 0 Å². The SMILES string of the molecule is CCCCN(C(=O)NCC1(C(=O)O)CCC1)C1CC1. The van der Waals surface area contributed by atoms with Crippen LogP contribution in [0.2, 0.25) is 0 Å². The van der Waals surface area contributed by atoms with E-state index < -0.39 is 11.4 Å². The number of carbonyl (C=O) groups is 2. The van der Waals surface area contributed by atoms with Crippen LogP contribution in [0.25, 0.3) is 0 Å². The number of nitrogens with one attached hydrogen (secondary N) is 1. The van der Waals surface area contributed by atoms with Gasteiger partial charge in [0.2, 0.25) is 0 Å². The van der Waals surface area contributed by atoms with Gasteiger partial charge in [-0.15, -0.1) is 0 Å². The number of carboxylic acid groups (broad SMARTS) is 1. The highest BCUT2D eigenvalue weighted by atomic mass is 16.4. The summed E-state index contributed by atoms with van der Waals surface area (Å²) in [6.45, 7) is 3.17. The number of carbonyl (C=O) groups excluding carboxylic acids is 1. The Morgan fingerprint density at radius 3 is 2.47 bits per heavy atom. The number of unbranched alkanes of at least 4 members (excludes halogenated alkanes) is 1. The molecular formula is C14H24N2O3. The van der Waals surface area contributed by atoms with Crippen LogP contribution in [0.4, 0.5) is 4.79 Å². The first-order valence-corrected chi connectivity index (χ1v) is 7.37. The Morgan fingerprint density at radius 2 is 2.05 bits per heavy atom. The van der Waals surface area contributed by atoms with Gasteiger partial charge in [-0.05, 0) is 32.1 Å². The van der Waals surface area contributed by atoms with Crippen LogP contribution in [0.3, 0.4) is 0 Å². The number of hydrogen-bond acceptors (Lipinski definition) is 2. The van der Waals surface area contributed by atoms with Crippen LogP contribution in [0, 0.1) is 5.41 Å². The van der Waals surface area contributed by atoms with Gasteiger partial charge >= 0.3 is 12.0 Å². The molecule has 0 aromatic carbocycles. The molecule has 0 heterocycles. The summed E-state index contributed by atoms with van der Waals surface area (Å²) in [5.74, 6) is -0.773. The topological polar surface area (TPSA) is 69.6 Å². The van der Waals surface area contributed by atoms with E-state index in [0.29, 0.717) is 18.9 Å². The molecule has 19 heavy (non-hydrogen) atoms. The molecule has 5 heteroatoms. The number of amides is 2.